The third-order valence-electron chi connectivity index (χ3n) is 2.70. The number of nitrogens with one attached hydrogen (secondary N) is 1. The van der Waals surface area contributed by atoms with Crippen LogP contribution in [0.15, 0.2) is 18.3 Å². The largest absolute Gasteiger partial charge is 0.316 e. The number of halogens is 1. The van der Waals surface area contributed by atoms with Crippen molar-refractivity contribution in [3.05, 3.63) is 29.0 Å². The highest BCUT2D eigenvalue weighted by Gasteiger charge is 2.17. The van der Waals surface area contributed by atoms with Crippen molar-refractivity contribution >= 4 is 22.4 Å². The highest BCUT2D eigenvalue weighted by molar-refractivity contribution is 7.84. The second-order valence-electron chi connectivity index (χ2n) is 4.10. The smallest absolute Gasteiger partial charge is 0.129 e. The summed E-state index contributed by atoms with van der Waals surface area (Å²) in [6.45, 7) is 2.06. The van der Waals surface area contributed by atoms with E-state index in [1.807, 2.05) is 6.07 Å². The fourth-order valence-corrected chi connectivity index (χ4v) is 3.44. The lowest BCUT2D eigenvalue weighted by molar-refractivity contribution is 0.632. The molecule has 5 heteroatoms. The van der Waals surface area contributed by atoms with Crippen LogP contribution in [-0.2, 0) is 16.6 Å². The number of aromatic nitrogens is 1. The Bertz CT molecular complexity index is 363. The molecule has 0 aliphatic carbocycles. The molecule has 1 N–H and O–H groups in total. The Hall–Kier alpha value is -0.450. The molecule has 1 aromatic heterocycles. The Balaban J connectivity index is 1.84. The molecular formula is C11H15ClN2OS. The van der Waals surface area contributed by atoms with Gasteiger partial charge in [-0.2, -0.15) is 0 Å². The first kappa shape index (κ1) is 12.0. The Labute approximate surface area is 103 Å². The van der Waals surface area contributed by atoms with E-state index in [1.165, 1.54) is 0 Å². The summed E-state index contributed by atoms with van der Waals surface area (Å²) in [7, 11) is -0.791. The summed E-state index contributed by atoms with van der Waals surface area (Å²) in [5, 5.41) is 3.77. The van der Waals surface area contributed by atoms with Crippen LogP contribution in [0.3, 0.4) is 0 Å². The standard InChI is InChI=1S/C11H15ClN2OS/c12-11-2-1-9(6-14-11)7-16(15)8-10-3-4-13-5-10/h1-2,6,10,13H,3-5,7-8H2. The minimum absolute atomic E-state index is 0.481. The van der Waals surface area contributed by atoms with E-state index in [9.17, 15) is 4.21 Å². The molecule has 1 aliphatic rings. The van der Waals surface area contributed by atoms with Gasteiger partial charge >= 0.3 is 0 Å². The Morgan fingerprint density at radius 2 is 2.44 bits per heavy atom. The van der Waals surface area contributed by atoms with E-state index < -0.39 is 10.8 Å². The molecule has 2 unspecified atom stereocenters. The Morgan fingerprint density at radius 3 is 3.06 bits per heavy atom. The van der Waals surface area contributed by atoms with Gasteiger partial charge in [0.1, 0.15) is 5.15 Å². The molecule has 1 aliphatic heterocycles. The summed E-state index contributed by atoms with van der Waals surface area (Å²) < 4.78 is 11.9. The predicted molar refractivity (Wildman–Crippen MR) is 66.9 cm³/mol. The van der Waals surface area contributed by atoms with E-state index in [0.717, 1.165) is 30.8 Å². The van der Waals surface area contributed by atoms with Crippen LogP contribution in [0.5, 0.6) is 0 Å². The SMILES string of the molecule is O=S(Cc1ccc(Cl)nc1)CC1CCNC1. The highest BCUT2D eigenvalue weighted by atomic mass is 35.5. The topological polar surface area (TPSA) is 42.0 Å². The van der Waals surface area contributed by atoms with Crippen molar-refractivity contribution < 1.29 is 4.21 Å². The van der Waals surface area contributed by atoms with Crippen molar-refractivity contribution in [1.29, 1.82) is 0 Å². The maximum atomic E-state index is 11.9. The van der Waals surface area contributed by atoms with Gasteiger partial charge in [-0.1, -0.05) is 17.7 Å². The molecule has 0 amide bonds. The van der Waals surface area contributed by atoms with E-state index in [1.54, 1.807) is 12.3 Å². The number of rotatable bonds is 4. The summed E-state index contributed by atoms with van der Waals surface area (Å²) in [5.74, 6) is 1.94. The summed E-state index contributed by atoms with van der Waals surface area (Å²) in [5.41, 5.74) is 0.994. The average molecular weight is 259 g/mol. The third-order valence-corrected chi connectivity index (χ3v) is 4.42. The molecule has 0 bridgehead atoms. The molecule has 0 aromatic carbocycles. The minimum Gasteiger partial charge on any atom is -0.316 e. The molecule has 1 saturated heterocycles. The molecule has 1 aromatic rings. The van der Waals surface area contributed by atoms with Crippen molar-refractivity contribution in [3.8, 4) is 0 Å². The van der Waals surface area contributed by atoms with Crippen molar-refractivity contribution in [2.75, 3.05) is 18.8 Å². The first-order chi connectivity index (χ1) is 7.74. The monoisotopic (exact) mass is 258 g/mol. The fourth-order valence-electron chi connectivity index (χ4n) is 1.86. The second-order valence-corrected chi connectivity index (χ2v) is 5.99. The first-order valence-electron chi connectivity index (χ1n) is 5.40. The van der Waals surface area contributed by atoms with Crippen LogP contribution < -0.4 is 5.32 Å². The molecule has 2 heterocycles. The number of pyridine rings is 1. The van der Waals surface area contributed by atoms with Gasteiger partial charge in [0.05, 0.1) is 5.75 Å². The molecule has 0 spiro atoms. The van der Waals surface area contributed by atoms with Gasteiger partial charge in [-0.3, -0.25) is 4.21 Å². The molecule has 1 fully saturated rings. The van der Waals surface area contributed by atoms with Crippen molar-refractivity contribution in [3.63, 3.8) is 0 Å². The normalized spacial score (nSPS) is 22.2. The van der Waals surface area contributed by atoms with Gasteiger partial charge in [0, 0.05) is 22.7 Å². The lowest BCUT2D eigenvalue weighted by atomic mass is 10.2. The van der Waals surface area contributed by atoms with Gasteiger partial charge in [0.2, 0.25) is 0 Å². The van der Waals surface area contributed by atoms with Crippen molar-refractivity contribution in [1.82, 2.24) is 10.3 Å². The quantitative estimate of drug-likeness (QED) is 0.834. The van der Waals surface area contributed by atoms with Crippen LogP contribution in [0.1, 0.15) is 12.0 Å². The molecule has 3 nitrogen and oxygen atoms in total. The molecule has 0 radical (unpaired) electrons. The summed E-state index contributed by atoms with van der Waals surface area (Å²) >= 11 is 5.69. The number of hydrogen-bond acceptors (Lipinski definition) is 3. The van der Waals surface area contributed by atoms with E-state index in [-0.39, 0.29) is 0 Å². The van der Waals surface area contributed by atoms with Crippen LogP contribution in [0, 0.1) is 5.92 Å². The highest BCUT2D eigenvalue weighted by Crippen LogP contribution is 2.12. The van der Waals surface area contributed by atoms with Crippen LogP contribution in [0.2, 0.25) is 5.15 Å². The van der Waals surface area contributed by atoms with Gasteiger partial charge in [0.15, 0.2) is 0 Å². The summed E-state index contributed by atoms with van der Waals surface area (Å²) in [4.78, 5) is 3.98. The van der Waals surface area contributed by atoms with Crippen molar-refractivity contribution in [2.24, 2.45) is 5.92 Å². The lowest BCUT2D eigenvalue weighted by Gasteiger charge is -2.07. The zero-order valence-electron chi connectivity index (χ0n) is 8.99. The van der Waals surface area contributed by atoms with Crippen LogP contribution >= 0.6 is 11.6 Å². The zero-order valence-corrected chi connectivity index (χ0v) is 10.6. The molecular weight excluding hydrogens is 244 g/mol. The molecule has 2 atom stereocenters. The van der Waals surface area contributed by atoms with E-state index in [2.05, 4.69) is 10.3 Å². The third kappa shape index (κ3) is 3.54. The number of hydrogen-bond donors (Lipinski definition) is 1. The first-order valence-corrected chi connectivity index (χ1v) is 7.27. The van der Waals surface area contributed by atoms with E-state index in [4.69, 9.17) is 11.6 Å². The van der Waals surface area contributed by atoms with Gasteiger partial charge in [-0.05, 0) is 37.1 Å². The summed E-state index contributed by atoms with van der Waals surface area (Å²) in [6, 6.07) is 3.63. The number of nitrogens with zero attached hydrogens (tertiary/aromatic N) is 1. The van der Waals surface area contributed by atoms with Gasteiger partial charge in [-0.15, -0.1) is 0 Å². The minimum atomic E-state index is -0.791. The van der Waals surface area contributed by atoms with Gasteiger partial charge in [0.25, 0.3) is 0 Å². The van der Waals surface area contributed by atoms with Crippen LogP contribution in [-0.4, -0.2) is 28.0 Å². The predicted octanol–water partition coefficient (Wildman–Crippen LogP) is 1.59. The molecule has 88 valence electrons. The lowest BCUT2D eigenvalue weighted by Crippen LogP contribution is -2.15. The van der Waals surface area contributed by atoms with E-state index >= 15 is 0 Å². The summed E-state index contributed by atoms with van der Waals surface area (Å²) in [6.07, 6.45) is 2.84. The maximum absolute atomic E-state index is 11.9. The maximum Gasteiger partial charge on any atom is 0.129 e. The second kappa shape index (κ2) is 5.75. The molecule has 2 rings (SSSR count). The Kier molecular flexibility index (Phi) is 4.32. The fraction of sp³-hybridized carbons (Fsp3) is 0.545. The average Bonchev–Trinajstić information content (AvgIpc) is 2.74. The molecule has 0 saturated carbocycles. The van der Waals surface area contributed by atoms with Gasteiger partial charge in [-0.25, -0.2) is 4.98 Å². The molecule has 16 heavy (non-hydrogen) atoms. The zero-order chi connectivity index (χ0) is 11.4. The van der Waals surface area contributed by atoms with Gasteiger partial charge < -0.3 is 5.32 Å². The van der Waals surface area contributed by atoms with E-state index in [0.29, 0.717) is 16.8 Å². The van der Waals surface area contributed by atoms with Crippen molar-refractivity contribution in [2.45, 2.75) is 12.2 Å². The van der Waals surface area contributed by atoms with Crippen LogP contribution in [0.25, 0.3) is 0 Å². The Morgan fingerprint density at radius 1 is 1.56 bits per heavy atom. The van der Waals surface area contributed by atoms with Crippen LogP contribution in [0.4, 0.5) is 0 Å².